The van der Waals surface area contributed by atoms with Gasteiger partial charge in [0.15, 0.2) is 35.1 Å². The van der Waals surface area contributed by atoms with E-state index in [1.54, 1.807) is 10.9 Å². The van der Waals surface area contributed by atoms with Crippen molar-refractivity contribution >= 4 is 11.7 Å². The zero-order valence-electron chi connectivity index (χ0n) is 22.8. The molecule has 0 aromatic carbocycles. The number of nitrogen functional groups attached to an aromatic ring is 1. The topological polar surface area (TPSA) is 160 Å². The van der Waals surface area contributed by atoms with Gasteiger partial charge in [0.2, 0.25) is 5.89 Å². The van der Waals surface area contributed by atoms with Gasteiger partial charge in [-0.25, -0.2) is 19.6 Å². The summed E-state index contributed by atoms with van der Waals surface area (Å²) in [5.74, 6) is 1.57. The van der Waals surface area contributed by atoms with Crippen LogP contribution in [-0.4, -0.2) is 77.3 Å². The van der Waals surface area contributed by atoms with Crippen molar-refractivity contribution in [1.29, 1.82) is 0 Å². The van der Waals surface area contributed by atoms with E-state index in [0.717, 1.165) is 18.7 Å². The predicted octanol–water partition coefficient (Wildman–Crippen LogP) is 2.54. The van der Waals surface area contributed by atoms with Crippen LogP contribution in [0.4, 0.5) is 5.82 Å². The Morgan fingerprint density at radius 3 is 2.53 bits per heavy atom. The Morgan fingerprint density at radius 1 is 1.18 bits per heavy atom. The molecule has 3 aromatic rings. The van der Waals surface area contributed by atoms with Crippen LogP contribution in [0, 0.1) is 0 Å². The molecule has 0 bridgehead atoms. The van der Waals surface area contributed by atoms with E-state index in [2.05, 4.69) is 20.2 Å². The lowest BCUT2D eigenvalue weighted by Gasteiger charge is -2.32. The van der Waals surface area contributed by atoms with Gasteiger partial charge in [0.1, 0.15) is 5.69 Å². The van der Waals surface area contributed by atoms with Crippen LogP contribution in [0.2, 0.25) is 0 Å². The zero-order chi connectivity index (χ0) is 27.2. The maximum atomic E-state index is 12.9. The van der Waals surface area contributed by atoms with Crippen LogP contribution in [0.1, 0.15) is 72.0 Å². The number of hydrogen-bond donors (Lipinski definition) is 1. The fraction of sp³-hybridized carbons (Fsp3) is 0.640. The van der Waals surface area contributed by atoms with Crippen LogP contribution in [0.5, 0.6) is 0 Å². The van der Waals surface area contributed by atoms with E-state index >= 15 is 0 Å². The third-order valence-electron chi connectivity index (χ3n) is 6.74. The molecule has 3 aromatic heterocycles. The van der Waals surface area contributed by atoms with Crippen molar-refractivity contribution in [1.82, 2.24) is 39.8 Å². The normalized spacial score (nSPS) is 20.3. The molecule has 38 heavy (non-hydrogen) atoms. The summed E-state index contributed by atoms with van der Waals surface area (Å²) in [5.41, 5.74) is 6.63. The van der Waals surface area contributed by atoms with Crippen molar-refractivity contribution in [2.75, 3.05) is 25.4 Å². The van der Waals surface area contributed by atoms with Crippen molar-refractivity contribution in [2.45, 2.75) is 84.2 Å². The minimum atomic E-state index is -0.727. The van der Waals surface area contributed by atoms with E-state index in [4.69, 9.17) is 29.7 Å². The van der Waals surface area contributed by atoms with Gasteiger partial charge >= 0.3 is 0 Å². The van der Waals surface area contributed by atoms with Gasteiger partial charge in [0, 0.05) is 31.0 Å². The molecule has 2 fully saturated rings. The third-order valence-corrected chi connectivity index (χ3v) is 6.74. The average molecular weight is 526 g/mol. The van der Waals surface area contributed by atoms with Crippen molar-refractivity contribution in [3.05, 3.63) is 17.9 Å². The van der Waals surface area contributed by atoms with E-state index in [-0.39, 0.29) is 35.6 Å². The molecule has 13 nitrogen and oxygen atoms in total. The number of anilines is 1. The number of ether oxygens (including phenoxy) is 2. The molecule has 5 heterocycles. The van der Waals surface area contributed by atoms with Crippen molar-refractivity contribution < 1.29 is 18.7 Å². The molecule has 5 rings (SSSR count). The minimum Gasteiger partial charge on any atom is -0.419 e. The van der Waals surface area contributed by atoms with E-state index in [1.165, 1.54) is 0 Å². The first-order valence-electron chi connectivity index (χ1n) is 13.0. The molecule has 2 aliphatic rings. The summed E-state index contributed by atoms with van der Waals surface area (Å²) in [6.45, 7) is 13.7. The highest BCUT2D eigenvalue weighted by atomic mass is 16.7. The van der Waals surface area contributed by atoms with Crippen LogP contribution in [-0.2, 0) is 26.2 Å². The number of amides is 1. The summed E-state index contributed by atoms with van der Waals surface area (Å²) in [4.78, 5) is 28.6. The van der Waals surface area contributed by atoms with Crippen LogP contribution in [0.25, 0.3) is 23.1 Å². The van der Waals surface area contributed by atoms with Gasteiger partial charge in [0.05, 0.1) is 12.8 Å². The SMILES string of the molecule is CCn1nc(C2CCN(C(=O)C3COC(C)(C)O3)CC2)nc1-c1cnc(N)c(-c2nnc(C(C)(C)C)o2)n1. The summed E-state index contributed by atoms with van der Waals surface area (Å²) in [6.07, 6.45) is 2.53. The highest BCUT2D eigenvalue weighted by Crippen LogP contribution is 2.31. The van der Waals surface area contributed by atoms with Gasteiger partial charge < -0.3 is 24.5 Å². The second kappa shape index (κ2) is 9.70. The lowest BCUT2D eigenvalue weighted by atomic mass is 9.96. The second-order valence-electron chi connectivity index (χ2n) is 11.2. The van der Waals surface area contributed by atoms with Crippen LogP contribution >= 0.6 is 0 Å². The Hall–Kier alpha value is -3.45. The Bertz CT molecular complexity index is 1320. The minimum absolute atomic E-state index is 0.0258. The summed E-state index contributed by atoms with van der Waals surface area (Å²) in [6, 6.07) is 0. The number of hydrogen-bond acceptors (Lipinski definition) is 11. The maximum Gasteiger partial charge on any atom is 0.270 e. The van der Waals surface area contributed by atoms with Crippen molar-refractivity contribution in [3.63, 3.8) is 0 Å². The molecule has 1 amide bonds. The summed E-state index contributed by atoms with van der Waals surface area (Å²) in [5, 5.41) is 13.0. The predicted molar refractivity (Wildman–Crippen MR) is 137 cm³/mol. The highest BCUT2D eigenvalue weighted by molar-refractivity contribution is 5.81. The standard InChI is InChI=1S/C25H35N9O4/c1-7-34-20(15-12-27-18(26)17(28-15)21-30-31-23(37-21)24(2,3)4)29-19(32-34)14-8-10-33(11-9-14)22(35)16-13-36-25(5,6)38-16/h12,14,16H,7-11,13H2,1-6H3,(H2,26,27). The number of piperidine rings is 1. The Kier molecular flexibility index (Phi) is 6.68. The summed E-state index contributed by atoms with van der Waals surface area (Å²) >= 11 is 0. The van der Waals surface area contributed by atoms with Gasteiger partial charge in [0.25, 0.3) is 11.8 Å². The fourth-order valence-electron chi connectivity index (χ4n) is 4.60. The molecule has 0 saturated carbocycles. The van der Waals surface area contributed by atoms with E-state index in [9.17, 15) is 4.79 Å². The molecule has 2 N–H and O–H groups in total. The molecular formula is C25H35N9O4. The van der Waals surface area contributed by atoms with E-state index < -0.39 is 11.9 Å². The maximum absolute atomic E-state index is 12.9. The molecule has 0 aliphatic carbocycles. The van der Waals surface area contributed by atoms with Crippen molar-refractivity contribution in [3.8, 4) is 23.1 Å². The molecule has 1 atom stereocenters. The lowest BCUT2D eigenvalue weighted by Crippen LogP contribution is -2.45. The zero-order valence-corrected chi connectivity index (χ0v) is 22.8. The Morgan fingerprint density at radius 2 is 1.92 bits per heavy atom. The highest BCUT2D eigenvalue weighted by Gasteiger charge is 2.40. The first kappa shape index (κ1) is 26.2. The van der Waals surface area contributed by atoms with Crippen LogP contribution in [0.15, 0.2) is 10.6 Å². The van der Waals surface area contributed by atoms with Gasteiger partial charge in [-0.2, -0.15) is 5.10 Å². The largest absolute Gasteiger partial charge is 0.419 e. The van der Waals surface area contributed by atoms with Gasteiger partial charge in [-0.3, -0.25) is 4.79 Å². The average Bonchev–Trinajstić information content (AvgIpc) is 3.62. The number of aryl methyl sites for hydroxylation is 1. The Labute approximate surface area is 221 Å². The number of carbonyl (C=O) groups is 1. The number of nitrogens with zero attached hydrogens (tertiary/aromatic N) is 8. The van der Waals surface area contributed by atoms with Crippen molar-refractivity contribution in [2.24, 2.45) is 0 Å². The fourth-order valence-corrected chi connectivity index (χ4v) is 4.60. The van der Waals surface area contributed by atoms with Gasteiger partial charge in [-0.05, 0) is 33.6 Å². The monoisotopic (exact) mass is 525 g/mol. The molecule has 204 valence electrons. The molecule has 2 saturated heterocycles. The number of rotatable bonds is 5. The molecule has 0 spiro atoms. The van der Waals surface area contributed by atoms with Gasteiger partial charge in [-0.1, -0.05) is 20.8 Å². The van der Waals surface area contributed by atoms with E-state index in [1.807, 2.05) is 46.4 Å². The first-order valence-corrected chi connectivity index (χ1v) is 13.0. The number of nitrogens with two attached hydrogens (primary N) is 1. The van der Waals surface area contributed by atoms with E-state index in [0.29, 0.717) is 42.7 Å². The quantitative estimate of drug-likeness (QED) is 0.521. The molecule has 0 radical (unpaired) electrons. The third kappa shape index (κ3) is 5.12. The smallest absolute Gasteiger partial charge is 0.270 e. The first-order chi connectivity index (χ1) is 17.9. The molecule has 13 heteroatoms. The molecule has 2 aliphatic heterocycles. The van der Waals surface area contributed by atoms with Gasteiger partial charge in [-0.15, -0.1) is 10.2 Å². The molecule has 1 unspecified atom stereocenters. The molecular weight excluding hydrogens is 490 g/mol. The number of likely N-dealkylation sites (tertiary alicyclic amines) is 1. The van der Waals surface area contributed by atoms with Crippen LogP contribution in [0.3, 0.4) is 0 Å². The summed E-state index contributed by atoms with van der Waals surface area (Å²) in [7, 11) is 0. The second-order valence-corrected chi connectivity index (χ2v) is 11.2. The van der Waals surface area contributed by atoms with Crippen LogP contribution < -0.4 is 5.73 Å². The Balaban J connectivity index is 1.33. The lowest BCUT2D eigenvalue weighted by molar-refractivity contribution is -0.160. The number of carbonyl (C=O) groups excluding carboxylic acids is 1. The summed E-state index contributed by atoms with van der Waals surface area (Å²) < 4.78 is 19.0. The number of aromatic nitrogens is 7.